The number of nitrogens with one attached hydrogen (secondary N) is 1. The van der Waals surface area contributed by atoms with Crippen molar-refractivity contribution in [2.24, 2.45) is 0 Å². The first-order valence-corrected chi connectivity index (χ1v) is 8.44. The zero-order valence-corrected chi connectivity index (χ0v) is 13.6. The molecule has 0 unspecified atom stereocenters. The zero-order valence-electron chi connectivity index (χ0n) is 13.6. The first-order valence-electron chi connectivity index (χ1n) is 8.44. The molecule has 0 saturated carbocycles. The normalized spacial score (nSPS) is 17.0. The van der Waals surface area contributed by atoms with Gasteiger partial charge in [0.1, 0.15) is 18.9 Å². The first kappa shape index (κ1) is 16.3. The minimum absolute atomic E-state index is 0.542. The third kappa shape index (κ3) is 5.33. The maximum atomic E-state index is 5.90. The van der Waals surface area contributed by atoms with Gasteiger partial charge in [-0.15, -0.1) is 0 Å². The van der Waals surface area contributed by atoms with E-state index in [4.69, 9.17) is 9.47 Å². The third-order valence-corrected chi connectivity index (χ3v) is 4.46. The molecule has 0 amide bonds. The number of para-hydroxylation sites is 1. The molecule has 0 aliphatic carbocycles. The van der Waals surface area contributed by atoms with Crippen LogP contribution in [0.5, 0.6) is 5.75 Å². The van der Waals surface area contributed by atoms with Crippen molar-refractivity contribution in [2.45, 2.75) is 39.0 Å². The Morgan fingerprint density at radius 2 is 1.86 bits per heavy atom. The van der Waals surface area contributed by atoms with Gasteiger partial charge in [0.25, 0.3) is 0 Å². The molecule has 3 nitrogen and oxygen atoms in total. The van der Waals surface area contributed by atoms with Gasteiger partial charge in [-0.05, 0) is 24.0 Å². The molecule has 21 heavy (non-hydrogen) atoms. The van der Waals surface area contributed by atoms with E-state index in [-0.39, 0.29) is 0 Å². The van der Waals surface area contributed by atoms with Gasteiger partial charge >= 0.3 is 0 Å². The van der Waals surface area contributed by atoms with Crippen molar-refractivity contribution in [3.05, 3.63) is 29.8 Å². The molecule has 3 heteroatoms. The number of hydrogen-bond acceptors (Lipinski definition) is 2. The summed E-state index contributed by atoms with van der Waals surface area (Å²) in [5, 5.41) is 0. The van der Waals surface area contributed by atoms with E-state index in [1.54, 1.807) is 4.90 Å². The lowest BCUT2D eigenvalue weighted by molar-refractivity contribution is -0.887. The summed E-state index contributed by atoms with van der Waals surface area (Å²) in [6, 6.07) is 8.36. The highest BCUT2D eigenvalue weighted by Gasteiger charge is 2.14. The van der Waals surface area contributed by atoms with Crippen LogP contribution in [0.1, 0.15) is 44.6 Å². The second-order valence-electron chi connectivity index (χ2n) is 6.02. The summed E-state index contributed by atoms with van der Waals surface area (Å²) in [4.78, 5) is 1.69. The van der Waals surface area contributed by atoms with E-state index >= 15 is 0 Å². The lowest BCUT2D eigenvalue weighted by atomic mass is 9.98. The van der Waals surface area contributed by atoms with Crippen LogP contribution < -0.4 is 9.64 Å². The smallest absolute Gasteiger partial charge is 0.122 e. The highest BCUT2D eigenvalue weighted by atomic mass is 16.5. The molecule has 1 fully saturated rings. The number of likely N-dealkylation sites (tertiary alicyclic amines) is 1. The van der Waals surface area contributed by atoms with E-state index in [1.165, 1.54) is 31.5 Å². The van der Waals surface area contributed by atoms with Crippen LogP contribution in [0.25, 0.3) is 0 Å². The molecule has 1 aliphatic rings. The summed E-state index contributed by atoms with van der Waals surface area (Å²) < 4.78 is 11.6. The Kier molecular flexibility index (Phi) is 7.04. The van der Waals surface area contributed by atoms with Crippen molar-refractivity contribution < 1.29 is 14.4 Å². The van der Waals surface area contributed by atoms with Gasteiger partial charge in [-0.1, -0.05) is 32.0 Å². The Labute approximate surface area is 129 Å². The molecule has 1 aromatic rings. The topological polar surface area (TPSA) is 22.9 Å². The molecule has 0 radical (unpaired) electrons. The Hall–Kier alpha value is -1.06. The van der Waals surface area contributed by atoms with Gasteiger partial charge in [-0.25, -0.2) is 0 Å². The summed E-state index contributed by atoms with van der Waals surface area (Å²) >= 11 is 0. The molecule has 0 bridgehead atoms. The van der Waals surface area contributed by atoms with Gasteiger partial charge in [0.15, 0.2) is 0 Å². The summed E-state index contributed by atoms with van der Waals surface area (Å²) in [5.74, 6) is 1.56. The maximum absolute atomic E-state index is 5.90. The molecule has 0 aromatic heterocycles. The Balaban J connectivity index is 1.64. The first-order chi connectivity index (χ1) is 10.3. The van der Waals surface area contributed by atoms with Crippen molar-refractivity contribution in [1.82, 2.24) is 0 Å². The number of ether oxygens (including phenoxy) is 2. The van der Waals surface area contributed by atoms with Gasteiger partial charge in [0.05, 0.1) is 26.3 Å². The summed E-state index contributed by atoms with van der Waals surface area (Å²) in [5.41, 5.74) is 1.31. The third-order valence-electron chi connectivity index (χ3n) is 4.46. The number of quaternary nitrogens is 1. The van der Waals surface area contributed by atoms with Crippen molar-refractivity contribution in [1.29, 1.82) is 0 Å². The zero-order chi connectivity index (χ0) is 14.9. The van der Waals surface area contributed by atoms with Crippen molar-refractivity contribution in [3.63, 3.8) is 0 Å². The average molecular weight is 292 g/mol. The van der Waals surface area contributed by atoms with Crippen LogP contribution in [0.2, 0.25) is 0 Å². The van der Waals surface area contributed by atoms with Crippen molar-refractivity contribution >= 4 is 0 Å². The van der Waals surface area contributed by atoms with Crippen LogP contribution in [-0.4, -0.2) is 39.5 Å². The predicted molar refractivity (Wildman–Crippen MR) is 86.3 cm³/mol. The van der Waals surface area contributed by atoms with Gasteiger partial charge in [0, 0.05) is 12.8 Å². The van der Waals surface area contributed by atoms with Crippen LogP contribution in [0.4, 0.5) is 0 Å². The van der Waals surface area contributed by atoms with Crippen LogP contribution in [0, 0.1) is 0 Å². The maximum Gasteiger partial charge on any atom is 0.122 e. The Bertz CT molecular complexity index is 402. The molecule has 1 saturated heterocycles. The quantitative estimate of drug-likeness (QED) is 0.706. The lowest BCUT2D eigenvalue weighted by Gasteiger charge is -2.16. The van der Waals surface area contributed by atoms with Crippen LogP contribution >= 0.6 is 0 Å². The SMILES string of the molecule is CC[C@H](C)c1ccccc1OCCOCC[NH+]1CCCC1. The summed E-state index contributed by atoms with van der Waals surface area (Å²) in [6.45, 7) is 10.4. The minimum Gasteiger partial charge on any atom is -0.491 e. The van der Waals surface area contributed by atoms with Gasteiger partial charge in [-0.3, -0.25) is 0 Å². The van der Waals surface area contributed by atoms with Crippen molar-refractivity contribution in [2.75, 3.05) is 39.5 Å². The Morgan fingerprint density at radius 1 is 1.10 bits per heavy atom. The van der Waals surface area contributed by atoms with E-state index < -0.39 is 0 Å². The van der Waals surface area contributed by atoms with E-state index in [2.05, 4.69) is 32.0 Å². The standard InChI is InChI=1S/C18H29NO2/c1-3-16(2)17-8-4-5-9-18(17)21-15-14-20-13-12-19-10-6-7-11-19/h4-5,8-9,16H,3,6-7,10-15H2,1-2H3/p+1/t16-/m0/s1. The number of hydrogen-bond donors (Lipinski definition) is 1. The van der Waals surface area contributed by atoms with Crippen LogP contribution in [0.15, 0.2) is 24.3 Å². The molecule has 0 spiro atoms. The van der Waals surface area contributed by atoms with Crippen LogP contribution in [0.3, 0.4) is 0 Å². The fraction of sp³-hybridized carbons (Fsp3) is 0.667. The van der Waals surface area contributed by atoms with Gasteiger partial charge < -0.3 is 14.4 Å². The van der Waals surface area contributed by atoms with E-state index in [1.807, 2.05) is 6.07 Å². The molecular formula is C18H30NO2+. The largest absolute Gasteiger partial charge is 0.491 e. The van der Waals surface area contributed by atoms with E-state index in [0.29, 0.717) is 19.1 Å². The average Bonchev–Trinajstić information content (AvgIpc) is 3.03. The second kappa shape index (κ2) is 9.06. The summed E-state index contributed by atoms with van der Waals surface area (Å²) in [7, 11) is 0. The molecule has 1 aliphatic heterocycles. The molecule has 1 heterocycles. The lowest BCUT2D eigenvalue weighted by Crippen LogP contribution is -3.10. The highest BCUT2D eigenvalue weighted by molar-refractivity contribution is 5.35. The number of benzene rings is 1. The van der Waals surface area contributed by atoms with Crippen LogP contribution in [-0.2, 0) is 4.74 Å². The molecular weight excluding hydrogens is 262 g/mol. The highest BCUT2D eigenvalue weighted by Crippen LogP contribution is 2.28. The van der Waals surface area contributed by atoms with E-state index in [0.717, 1.165) is 25.3 Å². The fourth-order valence-corrected chi connectivity index (χ4v) is 2.89. The van der Waals surface area contributed by atoms with E-state index in [9.17, 15) is 0 Å². The summed E-state index contributed by atoms with van der Waals surface area (Å²) in [6.07, 6.45) is 3.89. The fourth-order valence-electron chi connectivity index (χ4n) is 2.89. The molecule has 2 rings (SSSR count). The van der Waals surface area contributed by atoms with Gasteiger partial charge in [0.2, 0.25) is 0 Å². The minimum atomic E-state index is 0.542. The molecule has 1 N–H and O–H groups in total. The molecule has 118 valence electrons. The predicted octanol–water partition coefficient (Wildman–Crippen LogP) is 2.27. The Morgan fingerprint density at radius 3 is 2.62 bits per heavy atom. The molecule has 1 aromatic carbocycles. The van der Waals surface area contributed by atoms with Gasteiger partial charge in [-0.2, -0.15) is 0 Å². The molecule has 1 atom stereocenters. The second-order valence-corrected chi connectivity index (χ2v) is 6.02. The monoisotopic (exact) mass is 292 g/mol. The van der Waals surface area contributed by atoms with Crippen molar-refractivity contribution in [3.8, 4) is 5.75 Å². The number of rotatable bonds is 9.